The number of hydrogen-bond donors (Lipinski definition) is 0. The van der Waals surface area contributed by atoms with Crippen molar-refractivity contribution in [1.82, 2.24) is 5.06 Å². The van der Waals surface area contributed by atoms with Crippen molar-refractivity contribution < 1.29 is 23.8 Å². The van der Waals surface area contributed by atoms with Gasteiger partial charge in [-0.3, -0.25) is 0 Å². The van der Waals surface area contributed by atoms with Gasteiger partial charge in [0.2, 0.25) is 0 Å². The third kappa shape index (κ3) is 4.73. The lowest BCUT2D eigenvalue weighted by Gasteiger charge is -2.24. The topological polar surface area (TPSA) is 57.2 Å². The van der Waals surface area contributed by atoms with E-state index in [2.05, 4.69) is 0 Å². The van der Waals surface area contributed by atoms with E-state index in [9.17, 15) is 4.79 Å². The molecule has 0 spiro atoms. The summed E-state index contributed by atoms with van der Waals surface area (Å²) in [6.45, 7) is 0.481. The summed E-state index contributed by atoms with van der Waals surface area (Å²) in [5.41, 5.74) is 0.838. The molecule has 2 aromatic carbocycles. The van der Waals surface area contributed by atoms with E-state index in [0.29, 0.717) is 17.9 Å². The number of hydroxylamine groups is 2. The van der Waals surface area contributed by atoms with Gasteiger partial charge >= 0.3 is 5.97 Å². The van der Waals surface area contributed by atoms with Crippen LogP contribution >= 0.6 is 0 Å². The summed E-state index contributed by atoms with van der Waals surface area (Å²) in [4.78, 5) is 18.0. The molecule has 3 rings (SSSR count). The number of rotatable bonds is 7. The first-order valence-electron chi connectivity index (χ1n) is 8.68. The Hall–Kier alpha value is -3.67. The summed E-state index contributed by atoms with van der Waals surface area (Å²) < 4.78 is 15.7. The van der Waals surface area contributed by atoms with Gasteiger partial charge in [-0.05, 0) is 30.4 Å². The Labute approximate surface area is 163 Å². The van der Waals surface area contributed by atoms with E-state index in [1.54, 1.807) is 23.4 Å². The van der Waals surface area contributed by atoms with E-state index in [1.165, 1.54) is 20.5 Å². The Kier molecular flexibility index (Phi) is 6.36. The van der Waals surface area contributed by atoms with Gasteiger partial charge in [0, 0.05) is 11.8 Å². The molecule has 0 radical (unpaired) electrons. The summed E-state index contributed by atoms with van der Waals surface area (Å²) in [5, 5.41) is 1.64. The number of allylic oxidation sites excluding steroid dienone is 1. The van der Waals surface area contributed by atoms with Crippen molar-refractivity contribution in [2.24, 2.45) is 0 Å². The number of carbonyl (C=O) groups is 1. The van der Waals surface area contributed by atoms with Gasteiger partial charge in [0.1, 0.15) is 17.1 Å². The quantitative estimate of drug-likeness (QED) is 0.413. The van der Waals surface area contributed by atoms with Crippen LogP contribution in [0.15, 0.2) is 85.0 Å². The molecular weight excluding hydrogens is 358 g/mol. The summed E-state index contributed by atoms with van der Waals surface area (Å²) in [6, 6.07) is 16.7. The monoisotopic (exact) mass is 379 g/mol. The maximum atomic E-state index is 12.1. The first kappa shape index (κ1) is 19.1. The highest BCUT2D eigenvalue weighted by atomic mass is 16.7. The zero-order chi connectivity index (χ0) is 19.8. The average molecular weight is 379 g/mol. The van der Waals surface area contributed by atoms with Crippen LogP contribution in [0, 0.1) is 0 Å². The Morgan fingerprint density at radius 1 is 1.04 bits per heavy atom. The molecule has 0 N–H and O–H groups in total. The van der Waals surface area contributed by atoms with Gasteiger partial charge in [-0.25, -0.2) is 9.86 Å². The molecule has 0 amide bonds. The first-order chi connectivity index (χ1) is 13.7. The number of methoxy groups -OCH3 is 2. The molecule has 1 aliphatic heterocycles. The predicted octanol–water partition coefficient (Wildman–Crippen LogP) is 3.93. The summed E-state index contributed by atoms with van der Waals surface area (Å²) in [7, 11) is 2.79. The van der Waals surface area contributed by atoms with Crippen LogP contribution in [0.2, 0.25) is 0 Å². The van der Waals surface area contributed by atoms with Crippen LogP contribution in [-0.2, 0) is 14.3 Å². The van der Waals surface area contributed by atoms with Crippen molar-refractivity contribution in [3.05, 3.63) is 90.5 Å². The Bertz CT molecular complexity index is 902. The van der Waals surface area contributed by atoms with Crippen LogP contribution < -0.4 is 9.57 Å². The third-order valence-corrected chi connectivity index (χ3v) is 3.89. The molecular formula is C22H21NO5. The molecule has 0 saturated heterocycles. The highest BCUT2D eigenvalue weighted by Gasteiger charge is 2.19. The Balaban J connectivity index is 1.71. The molecule has 0 bridgehead atoms. The van der Waals surface area contributed by atoms with Gasteiger partial charge in [0.05, 0.1) is 27.0 Å². The number of esters is 1. The fourth-order valence-corrected chi connectivity index (χ4v) is 2.58. The van der Waals surface area contributed by atoms with Crippen LogP contribution in [0.25, 0.3) is 5.57 Å². The second-order valence-corrected chi connectivity index (χ2v) is 5.78. The molecule has 1 aliphatic rings. The van der Waals surface area contributed by atoms with Gasteiger partial charge in [0.15, 0.2) is 5.75 Å². The largest absolute Gasteiger partial charge is 0.503 e. The lowest BCUT2D eigenvalue weighted by Crippen LogP contribution is -2.25. The summed E-state index contributed by atoms with van der Waals surface area (Å²) in [6.07, 6.45) is 6.83. The minimum absolute atomic E-state index is 0.269. The minimum atomic E-state index is -0.509. The SMILES string of the molecule is CO/C=C(/C(=O)OC)c1ccccc1ON1C=CC(Oc2ccccc2)=CC1. The molecule has 0 aromatic heterocycles. The van der Waals surface area contributed by atoms with E-state index in [1.807, 2.05) is 54.6 Å². The first-order valence-corrected chi connectivity index (χ1v) is 8.68. The smallest absolute Gasteiger partial charge is 0.341 e. The minimum Gasteiger partial charge on any atom is -0.503 e. The van der Waals surface area contributed by atoms with Gasteiger partial charge in [-0.2, -0.15) is 0 Å². The van der Waals surface area contributed by atoms with Crippen LogP contribution in [-0.4, -0.2) is 31.8 Å². The number of nitrogens with zero attached hydrogens (tertiary/aromatic N) is 1. The average Bonchev–Trinajstić information content (AvgIpc) is 2.74. The molecule has 6 nitrogen and oxygen atoms in total. The van der Waals surface area contributed by atoms with Crippen molar-refractivity contribution >= 4 is 11.5 Å². The number of benzene rings is 2. The molecule has 0 aliphatic carbocycles. The Morgan fingerprint density at radius 2 is 1.79 bits per heavy atom. The van der Waals surface area contributed by atoms with Crippen molar-refractivity contribution in [3.63, 3.8) is 0 Å². The van der Waals surface area contributed by atoms with Gasteiger partial charge in [-0.15, -0.1) is 0 Å². The molecule has 1 heterocycles. The highest BCUT2D eigenvalue weighted by molar-refractivity contribution is 6.16. The molecule has 144 valence electrons. The summed E-state index contributed by atoms with van der Waals surface area (Å²) >= 11 is 0. The number of para-hydroxylation sites is 2. The molecule has 0 unspecified atom stereocenters. The molecule has 2 aromatic rings. The second-order valence-electron chi connectivity index (χ2n) is 5.78. The number of ether oxygens (including phenoxy) is 3. The number of hydrogen-bond acceptors (Lipinski definition) is 6. The fourth-order valence-electron chi connectivity index (χ4n) is 2.58. The van der Waals surface area contributed by atoms with Gasteiger partial charge in [0.25, 0.3) is 0 Å². The van der Waals surface area contributed by atoms with Crippen LogP contribution in [0.1, 0.15) is 5.56 Å². The maximum Gasteiger partial charge on any atom is 0.341 e. The van der Waals surface area contributed by atoms with E-state index in [4.69, 9.17) is 19.0 Å². The van der Waals surface area contributed by atoms with Crippen molar-refractivity contribution in [2.75, 3.05) is 20.8 Å². The van der Waals surface area contributed by atoms with Crippen LogP contribution in [0.5, 0.6) is 11.5 Å². The van der Waals surface area contributed by atoms with E-state index >= 15 is 0 Å². The molecule has 28 heavy (non-hydrogen) atoms. The van der Waals surface area contributed by atoms with E-state index < -0.39 is 5.97 Å². The third-order valence-electron chi connectivity index (χ3n) is 3.89. The van der Waals surface area contributed by atoms with Crippen molar-refractivity contribution in [3.8, 4) is 11.5 Å². The molecule has 0 fully saturated rings. The van der Waals surface area contributed by atoms with Crippen LogP contribution in [0.3, 0.4) is 0 Å². The molecule has 6 heteroatoms. The van der Waals surface area contributed by atoms with Crippen LogP contribution in [0.4, 0.5) is 0 Å². The molecule has 0 atom stereocenters. The fraction of sp³-hybridized carbons (Fsp3) is 0.136. The summed E-state index contributed by atoms with van der Waals surface area (Å²) in [5.74, 6) is 1.49. The van der Waals surface area contributed by atoms with Gasteiger partial charge in [-0.1, -0.05) is 36.4 Å². The van der Waals surface area contributed by atoms with Crippen molar-refractivity contribution in [1.29, 1.82) is 0 Å². The normalized spacial score (nSPS) is 13.6. The van der Waals surface area contributed by atoms with Crippen molar-refractivity contribution in [2.45, 2.75) is 0 Å². The van der Waals surface area contributed by atoms with E-state index in [-0.39, 0.29) is 5.57 Å². The highest BCUT2D eigenvalue weighted by Crippen LogP contribution is 2.28. The van der Waals surface area contributed by atoms with Gasteiger partial charge < -0.3 is 19.0 Å². The zero-order valence-electron chi connectivity index (χ0n) is 15.7. The lowest BCUT2D eigenvalue weighted by atomic mass is 10.1. The second kappa shape index (κ2) is 9.32. The maximum absolute atomic E-state index is 12.1. The lowest BCUT2D eigenvalue weighted by molar-refractivity contribution is -0.133. The molecule has 0 saturated carbocycles. The standard InChI is InChI=1S/C22H21NO5/c1-25-16-20(22(24)26-2)19-10-6-7-11-21(19)28-23-14-12-18(13-15-23)27-17-8-4-3-5-9-17/h3-14,16H,15H2,1-2H3/b20-16+. The number of carbonyl (C=O) groups excluding carboxylic acids is 1. The van der Waals surface area contributed by atoms with E-state index in [0.717, 1.165) is 11.5 Å². The Morgan fingerprint density at radius 3 is 2.46 bits per heavy atom. The predicted molar refractivity (Wildman–Crippen MR) is 105 cm³/mol. The zero-order valence-corrected chi connectivity index (χ0v) is 15.7.